The number of carbonyl (C=O) groups excluding carboxylic acids is 4. The van der Waals surface area contributed by atoms with E-state index < -0.39 is 47.5 Å². The minimum absolute atomic E-state index is 0.0992. The molecule has 51 heavy (non-hydrogen) atoms. The molecule has 4 rings (SSSR count). The van der Waals surface area contributed by atoms with Crippen molar-refractivity contribution in [3.8, 4) is 0 Å². The number of nitrogens with zero attached hydrogens (tertiary/aromatic N) is 1. The fraction of sp³-hybridized carbons (Fsp3) is 0.553. The van der Waals surface area contributed by atoms with Gasteiger partial charge in [0.25, 0.3) is 0 Å². The van der Waals surface area contributed by atoms with Crippen LogP contribution in [0.1, 0.15) is 75.5 Å². The summed E-state index contributed by atoms with van der Waals surface area (Å²) in [6.07, 6.45) is 3.43. The number of rotatable bonds is 17. The average Bonchev–Trinajstić information content (AvgIpc) is 3.12. The fourth-order valence-corrected chi connectivity index (χ4v) is 6.60. The molecule has 2 aromatic carbocycles. The van der Waals surface area contributed by atoms with Crippen molar-refractivity contribution in [2.24, 2.45) is 17.4 Å². The van der Waals surface area contributed by atoms with Crippen molar-refractivity contribution in [1.29, 1.82) is 0 Å². The number of hydrogen-bond acceptors (Lipinski definition) is 8. The fourth-order valence-electron chi connectivity index (χ4n) is 6.60. The number of aliphatic carboxylic acids is 1. The molecule has 0 bridgehead atoms. The van der Waals surface area contributed by atoms with Gasteiger partial charge in [0, 0.05) is 26.1 Å². The van der Waals surface area contributed by atoms with Gasteiger partial charge in [-0.1, -0.05) is 68.4 Å². The highest BCUT2D eigenvalue weighted by atomic mass is 16.4. The smallest absolute Gasteiger partial charge is 0.323 e. The van der Waals surface area contributed by atoms with Crippen molar-refractivity contribution in [3.63, 3.8) is 0 Å². The van der Waals surface area contributed by atoms with Gasteiger partial charge in [0.2, 0.25) is 23.6 Å². The molecule has 13 heteroatoms. The van der Waals surface area contributed by atoms with Crippen LogP contribution in [0.5, 0.6) is 0 Å². The minimum atomic E-state index is -1.40. The standard InChI is InChI=1S/C38H55N7O6/c1-25(2)15-16-29(33(46)43-30(14-8-9-19-39)36(49)45-20-17-38(40,18-21-45)37(50)51)42-35(48)32(22-26-10-4-3-5-11-26)44-34(47)31-23-27-12-6-7-13-28(27)24-41-31/h3-7,10-13,25,29-32,41H,8-9,14-24,39-40H2,1-2H3,(H,42,48)(H,43,46)(H,44,47)(H,50,51)/t29-,30-,31-,32-/m1/s1. The van der Waals surface area contributed by atoms with Gasteiger partial charge in [0.15, 0.2) is 0 Å². The number of fused-ring (bicyclic) bond motifs is 1. The Hall–Kier alpha value is -4.33. The number of carboxylic acid groups (broad SMARTS) is 1. The van der Waals surface area contributed by atoms with E-state index in [1.807, 2.05) is 68.4 Å². The highest BCUT2D eigenvalue weighted by Crippen LogP contribution is 2.22. The normalized spacial score (nSPS) is 18.5. The van der Waals surface area contributed by atoms with Gasteiger partial charge in [0.1, 0.15) is 23.7 Å². The lowest BCUT2D eigenvalue weighted by Crippen LogP contribution is -2.61. The number of carbonyl (C=O) groups is 5. The van der Waals surface area contributed by atoms with Crippen LogP contribution in [-0.2, 0) is 43.4 Å². The number of likely N-dealkylation sites (tertiary alicyclic amines) is 1. The molecular formula is C38H55N7O6. The van der Waals surface area contributed by atoms with Crippen LogP contribution in [0.15, 0.2) is 54.6 Å². The number of nitrogens with one attached hydrogen (secondary N) is 4. The number of hydrogen-bond donors (Lipinski definition) is 7. The van der Waals surface area contributed by atoms with E-state index in [-0.39, 0.29) is 50.1 Å². The molecule has 278 valence electrons. The number of unbranched alkanes of at least 4 members (excludes halogenated alkanes) is 1. The predicted molar refractivity (Wildman–Crippen MR) is 194 cm³/mol. The third-order valence-electron chi connectivity index (χ3n) is 9.93. The monoisotopic (exact) mass is 705 g/mol. The van der Waals surface area contributed by atoms with Crippen LogP contribution in [0.25, 0.3) is 0 Å². The zero-order valence-electron chi connectivity index (χ0n) is 29.9. The van der Waals surface area contributed by atoms with Gasteiger partial charge in [-0.2, -0.15) is 0 Å². The molecule has 1 saturated heterocycles. The van der Waals surface area contributed by atoms with Crippen LogP contribution in [0, 0.1) is 5.92 Å². The Balaban J connectivity index is 1.49. The summed E-state index contributed by atoms with van der Waals surface area (Å²) >= 11 is 0. The second-order valence-corrected chi connectivity index (χ2v) is 14.3. The van der Waals surface area contributed by atoms with Crippen molar-refractivity contribution < 1.29 is 29.1 Å². The van der Waals surface area contributed by atoms with E-state index in [4.69, 9.17) is 11.5 Å². The van der Waals surface area contributed by atoms with Crippen molar-refractivity contribution in [2.75, 3.05) is 19.6 Å². The lowest BCUT2D eigenvalue weighted by atomic mass is 9.88. The molecule has 9 N–H and O–H groups in total. The summed E-state index contributed by atoms with van der Waals surface area (Å²) in [6.45, 7) is 5.32. The number of carboxylic acids is 1. The number of amides is 4. The number of piperidine rings is 1. The number of nitrogens with two attached hydrogens (primary N) is 2. The van der Waals surface area contributed by atoms with Crippen LogP contribution >= 0.6 is 0 Å². The van der Waals surface area contributed by atoms with Crippen molar-refractivity contribution in [1.82, 2.24) is 26.2 Å². The van der Waals surface area contributed by atoms with Crippen LogP contribution in [0.3, 0.4) is 0 Å². The Morgan fingerprint density at radius 1 is 0.843 bits per heavy atom. The van der Waals surface area contributed by atoms with Crippen molar-refractivity contribution in [2.45, 2.75) is 108 Å². The first-order valence-corrected chi connectivity index (χ1v) is 18.2. The SMILES string of the molecule is CC(C)CC[C@@H](NC(=O)[C@@H](Cc1ccccc1)NC(=O)[C@H]1Cc2ccccc2CN1)C(=O)N[C@H](CCCCN)C(=O)N1CCC(N)(C(=O)O)CC1. The maximum Gasteiger partial charge on any atom is 0.323 e. The average molecular weight is 706 g/mol. The van der Waals surface area contributed by atoms with Gasteiger partial charge in [-0.15, -0.1) is 0 Å². The van der Waals surface area contributed by atoms with Gasteiger partial charge in [0.05, 0.1) is 6.04 Å². The maximum absolute atomic E-state index is 14.0. The van der Waals surface area contributed by atoms with Crippen LogP contribution in [0.2, 0.25) is 0 Å². The first-order valence-electron chi connectivity index (χ1n) is 18.2. The predicted octanol–water partition coefficient (Wildman–Crippen LogP) is 1.37. The third kappa shape index (κ3) is 11.3. The van der Waals surface area contributed by atoms with E-state index in [0.717, 1.165) is 16.7 Å². The van der Waals surface area contributed by atoms with E-state index in [2.05, 4.69) is 21.3 Å². The molecule has 0 radical (unpaired) electrons. The molecule has 0 aromatic heterocycles. The maximum atomic E-state index is 14.0. The Morgan fingerprint density at radius 3 is 2.12 bits per heavy atom. The highest BCUT2D eigenvalue weighted by Gasteiger charge is 2.40. The number of benzene rings is 2. The zero-order valence-corrected chi connectivity index (χ0v) is 29.9. The summed E-state index contributed by atoms with van der Waals surface area (Å²) in [5, 5.41) is 21.6. The molecule has 13 nitrogen and oxygen atoms in total. The largest absolute Gasteiger partial charge is 0.480 e. The lowest BCUT2D eigenvalue weighted by molar-refractivity contribution is -0.148. The third-order valence-corrected chi connectivity index (χ3v) is 9.93. The summed E-state index contributed by atoms with van der Waals surface area (Å²) < 4.78 is 0. The summed E-state index contributed by atoms with van der Waals surface area (Å²) in [7, 11) is 0. The molecule has 2 heterocycles. The molecule has 0 unspecified atom stereocenters. The first kappa shape index (κ1) is 39.5. The van der Waals surface area contributed by atoms with Crippen LogP contribution in [-0.4, -0.2) is 88.9 Å². The van der Waals surface area contributed by atoms with E-state index in [1.54, 1.807) is 4.90 Å². The zero-order chi connectivity index (χ0) is 37.0. The quantitative estimate of drug-likeness (QED) is 0.118. The molecule has 1 fully saturated rings. The molecule has 0 aliphatic carbocycles. The summed E-state index contributed by atoms with van der Waals surface area (Å²) in [4.78, 5) is 68.5. The molecule has 4 amide bonds. The van der Waals surface area contributed by atoms with Crippen molar-refractivity contribution in [3.05, 3.63) is 71.3 Å². The van der Waals surface area contributed by atoms with Gasteiger partial charge in [-0.05, 0) is 80.5 Å². The molecule has 0 spiro atoms. The van der Waals surface area contributed by atoms with E-state index in [1.165, 1.54) is 0 Å². The summed E-state index contributed by atoms with van der Waals surface area (Å²) in [6, 6.07) is 14.0. The topological polar surface area (TPSA) is 209 Å². The van der Waals surface area contributed by atoms with E-state index in [9.17, 15) is 29.1 Å². The van der Waals surface area contributed by atoms with Crippen LogP contribution in [0.4, 0.5) is 0 Å². The van der Waals surface area contributed by atoms with E-state index >= 15 is 0 Å². The molecule has 0 saturated carbocycles. The molecule has 4 atom stereocenters. The molecule has 2 aromatic rings. The molecular weight excluding hydrogens is 650 g/mol. The van der Waals surface area contributed by atoms with E-state index in [0.29, 0.717) is 51.6 Å². The van der Waals surface area contributed by atoms with Crippen molar-refractivity contribution >= 4 is 29.6 Å². The Kier molecular flexibility index (Phi) is 14.5. The highest BCUT2D eigenvalue weighted by molar-refractivity contribution is 5.95. The van der Waals surface area contributed by atoms with Gasteiger partial charge in [-0.25, -0.2) is 0 Å². The first-order chi connectivity index (χ1) is 24.4. The summed E-state index contributed by atoms with van der Waals surface area (Å²) in [5.41, 5.74) is 13.4. The Labute approximate surface area is 300 Å². The second-order valence-electron chi connectivity index (χ2n) is 14.3. The second kappa shape index (κ2) is 18.8. The minimum Gasteiger partial charge on any atom is -0.480 e. The van der Waals surface area contributed by atoms with Crippen LogP contribution < -0.4 is 32.7 Å². The molecule has 2 aliphatic rings. The lowest BCUT2D eigenvalue weighted by Gasteiger charge is -2.38. The van der Waals surface area contributed by atoms with Gasteiger partial charge < -0.3 is 42.7 Å². The molecule has 2 aliphatic heterocycles. The van der Waals surface area contributed by atoms with Gasteiger partial charge >= 0.3 is 5.97 Å². The Bertz CT molecular complexity index is 1490. The van der Waals surface area contributed by atoms with Gasteiger partial charge in [-0.3, -0.25) is 24.0 Å². The summed E-state index contributed by atoms with van der Waals surface area (Å²) in [5.74, 6) is -2.49. The Morgan fingerprint density at radius 2 is 1.47 bits per heavy atom.